The largest absolute Gasteiger partial charge is 0.324 e. The van der Waals surface area contributed by atoms with Gasteiger partial charge in [-0.1, -0.05) is 41.4 Å². The fraction of sp³-hybridized carbons (Fsp3) is 0.143. The van der Waals surface area contributed by atoms with Crippen molar-refractivity contribution in [3.8, 4) is 0 Å². The van der Waals surface area contributed by atoms with E-state index in [0.29, 0.717) is 28.7 Å². The fourth-order valence-electron chi connectivity index (χ4n) is 2.33. The molecule has 1 N–H and O–H groups in total. The van der Waals surface area contributed by atoms with Gasteiger partial charge in [0.1, 0.15) is 0 Å². The number of hydrogen-bond donors (Lipinski definition) is 1. The Labute approximate surface area is 133 Å². The van der Waals surface area contributed by atoms with Crippen LogP contribution < -0.4 is 9.03 Å². The first-order valence-electron chi connectivity index (χ1n) is 6.31. The predicted molar refractivity (Wildman–Crippen MR) is 86.5 cm³/mol. The molecule has 0 aromatic heterocycles. The third-order valence-electron chi connectivity index (χ3n) is 3.30. The summed E-state index contributed by atoms with van der Waals surface area (Å²) in [6.07, 6.45) is 0.695. The zero-order valence-electron chi connectivity index (χ0n) is 10.9. The number of anilines is 2. The molecule has 0 bridgehead atoms. The average Bonchev–Trinajstić information content (AvgIpc) is 2.87. The monoisotopic (exact) mass is 342 g/mol. The van der Waals surface area contributed by atoms with Gasteiger partial charge in [-0.3, -0.25) is 9.03 Å². The van der Waals surface area contributed by atoms with E-state index in [0.717, 1.165) is 5.56 Å². The van der Waals surface area contributed by atoms with Crippen LogP contribution in [0.3, 0.4) is 0 Å². The summed E-state index contributed by atoms with van der Waals surface area (Å²) in [5.41, 5.74) is 1.98. The van der Waals surface area contributed by atoms with Gasteiger partial charge in [0.25, 0.3) is 0 Å². The van der Waals surface area contributed by atoms with E-state index in [1.165, 1.54) is 10.4 Å². The summed E-state index contributed by atoms with van der Waals surface area (Å²) >= 11 is 11.9. The molecule has 0 fully saturated rings. The lowest BCUT2D eigenvalue weighted by molar-refractivity contribution is 0.597. The van der Waals surface area contributed by atoms with E-state index in [-0.39, 0.29) is 5.69 Å². The van der Waals surface area contributed by atoms with Crippen LogP contribution in [-0.4, -0.2) is 15.0 Å². The molecule has 0 unspecified atom stereocenters. The number of fused-ring (bicyclic) bond motifs is 1. The van der Waals surface area contributed by atoms with Crippen molar-refractivity contribution >= 4 is 44.8 Å². The molecule has 2 aromatic carbocycles. The zero-order valence-corrected chi connectivity index (χ0v) is 13.2. The van der Waals surface area contributed by atoms with Gasteiger partial charge in [0, 0.05) is 11.6 Å². The van der Waals surface area contributed by atoms with Crippen molar-refractivity contribution in [1.82, 2.24) is 0 Å². The number of nitrogens with zero attached hydrogens (tertiary/aromatic N) is 1. The van der Waals surface area contributed by atoms with Crippen LogP contribution >= 0.6 is 23.2 Å². The molecule has 0 amide bonds. The SMILES string of the molecule is O=S(=O)(Nc1cc(Cl)ccc1Cl)N1CCc2ccccc21. The molecule has 0 atom stereocenters. The molecule has 3 rings (SSSR count). The Morgan fingerprint density at radius 3 is 2.67 bits per heavy atom. The minimum Gasteiger partial charge on any atom is -0.265 e. The van der Waals surface area contributed by atoms with Gasteiger partial charge in [0.15, 0.2) is 0 Å². The van der Waals surface area contributed by atoms with Crippen molar-refractivity contribution in [3.05, 3.63) is 58.1 Å². The lowest BCUT2D eigenvalue weighted by Crippen LogP contribution is -2.34. The van der Waals surface area contributed by atoms with Crippen LogP contribution in [0, 0.1) is 0 Å². The van der Waals surface area contributed by atoms with Gasteiger partial charge in [-0.2, -0.15) is 8.42 Å². The van der Waals surface area contributed by atoms with E-state index in [1.54, 1.807) is 18.2 Å². The predicted octanol–water partition coefficient (Wildman–Crippen LogP) is 3.71. The van der Waals surface area contributed by atoms with Gasteiger partial charge in [0.2, 0.25) is 0 Å². The molecule has 1 aliphatic heterocycles. The summed E-state index contributed by atoms with van der Waals surface area (Å²) in [6, 6.07) is 12.1. The normalized spacial score (nSPS) is 14.1. The second-order valence-corrected chi connectivity index (χ2v) is 7.12. The van der Waals surface area contributed by atoms with E-state index in [1.807, 2.05) is 18.2 Å². The average molecular weight is 343 g/mol. The summed E-state index contributed by atoms with van der Waals surface area (Å²) in [6.45, 7) is 0.410. The van der Waals surface area contributed by atoms with Gasteiger partial charge in [0.05, 0.1) is 16.4 Å². The molecule has 1 aliphatic rings. The Kier molecular flexibility index (Phi) is 3.73. The smallest absolute Gasteiger partial charge is 0.265 e. The van der Waals surface area contributed by atoms with Crippen molar-refractivity contribution in [2.45, 2.75) is 6.42 Å². The van der Waals surface area contributed by atoms with Gasteiger partial charge >= 0.3 is 10.2 Å². The summed E-state index contributed by atoms with van der Waals surface area (Å²) in [5.74, 6) is 0. The van der Waals surface area contributed by atoms with E-state index in [2.05, 4.69) is 4.72 Å². The highest BCUT2D eigenvalue weighted by molar-refractivity contribution is 7.94. The molecule has 1 heterocycles. The summed E-state index contributed by atoms with van der Waals surface area (Å²) in [7, 11) is -3.73. The fourth-order valence-corrected chi connectivity index (χ4v) is 4.05. The van der Waals surface area contributed by atoms with Crippen LogP contribution in [0.15, 0.2) is 42.5 Å². The Morgan fingerprint density at radius 1 is 1.10 bits per heavy atom. The summed E-state index contributed by atoms with van der Waals surface area (Å²) in [5, 5.41) is 0.717. The molecule has 4 nitrogen and oxygen atoms in total. The van der Waals surface area contributed by atoms with Gasteiger partial charge in [-0.25, -0.2) is 0 Å². The summed E-state index contributed by atoms with van der Waals surface area (Å²) in [4.78, 5) is 0. The Bertz CT molecular complexity index is 793. The number of halogens is 2. The molecule has 0 saturated carbocycles. The minimum atomic E-state index is -3.73. The first-order valence-corrected chi connectivity index (χ1v) is 8.50. The molecule has 0 radical (unpaired) electrons. The molecule has 7 heteroatoms. The molecule has 21 heavy (non-hydrogen) atoms. The standard InChI is InChI=1S/C14H12Cl2N2O2S/c15-11-5-6-12(16)13(9-11)17-21(19,20)18-8-7-10-3-1-2-4-14(10)18/h1-6,9,17H,7-8H2. The third kappa shape index (κ3) is 2.81. The Hall–Kier alpha value is -1.43. The van der Waals surface area contributed by atoms with Crippen LogP contribution in [0.25, 0.3) is 0 Å². The lowest BCUT2D eigenvalue weighted by Gasteiger charge is -2.21. The highest BCUT2D eigenvalue weighted by atomic mass is 35.5. The van der Waals surface area contributed by atoms with Crippen molar-refractivity contribution in [2.24, 2.45) is 0 Å². The second kappa shape index (κ2) is 5.40. The molecular weight excluding hydrogens is 331 g/mol. The highest BCUT2D eigenvalue weighted by Gasteiger charge is 2.29. The third-order valence-corrected chi connectivity index (χ3v) is 5.30. The first kappa shape index (κ1) is 14.5. The first-order chi connectivity index (χ1) is 9.97. The second-order valence-electron chi connectivity index (χ2n) is 4.68. The molecular formula is C14H12Cl2N2O2S. The van der Waals surface area contributed by atoms with Crippen molar-refractivity contribution in [1.29, 1.82) is 0 Å². The van der Waals surface area contributed by atoms with Gasteiger partial charge in [-0.15, -0.1) is 0 Å². The van der Waals surface area contributed by atoms with Crippen LogP contribution in [0.5, 0.6) is 0 Å². The number of benzene rings is 2. The number of para-hydroxylation sites is 1. The summed E-state index contributed by atoms with van der Waals surface area (Å²) < 4.78 is 28.9. The zero-order chi connectivity index (χ0) is 15.0. The van der Waals surface area contributed by atoms with Crippen molar-refractivity contribution in [2.75, 3.05) is 15.6 Å². The van der Waals surface area contributed by atoms with Gasteiger partial charge in [-0.05, 0) is 36.2 Å². The van der Waals surface area contributed by atoms with Crippen molar-refractivity contribution < 1.29 is 8.42 Å². The maximum Gasteiger partial charge on any atom is 0.324 e. The van der Waals surface area contributed by atoms with E-state index in [4.69, 9.17) is 23.2 Å². The topological polar surface area (TPSA) is 49.4 Å². The quantitative estimate of drug-likeness (QED) is 0.924. The Morgan fingerprint density at radius 2 is 1.86 bits per heavy atom. The lowest BCUT2D eigenvalue weighted by atomic mass is 10.2. The maximum atomic E-state index is 12.5. The van der Waals surface area contributed by atoms with Crippen LogP contribution in [0.4, 0.5) is 11.4 Å². The van der Waals surface area contributed by atoms with E-state index in [9.17, 15) is 8.42 Å². The van der Waals surface area contributed by atoms with E-state index < -0.39 is 10.2 Å². The molecule has 0 spiro atoms. The maximum absolute atomic E-state index is 12.5. The molecule has 0 saturated heterocycles. The number of hydrogen-bond acceptors (Lipinski definition) is 2. The Balaban J connectivity index is 1.94. The number of rotatable bonds is 3. The molecule has 2 aromatic rings. The van der Waals surface area contributed by atoms with Crippen LogP contribution in [0.2, 0.25) is 10.0 Å². The van der Waals surface area contributed by atoms with Crippen LogP contribution in [-0.2, 0) is 16.6 Å². The molecule has 0 aliphatic carbocycles. The number of nitrogens with one attached hydrogen (secondary N) is 1. The highest BCUT2D eigenvalue weighted by Crippen LogP contribution is 2.32. The van der Waals surface area contributed by atoms with Crippen molar-refractivity contribution in [3.63, 3.8) is 0 Å². The van der Waals surface area contributed by atoms with Crippen LogP contribution in [0.1, 0.15) is 5.56 Å². The van der Waals surface area contributed by atoms with E-state index >= 15 is 0 Å². The minimum absolute atomic E-state index is 0.272. The molecule has 110 valence electrons. The van der Waals surface area contributed by atoms with Gasteiger partial charge < -0.3 is 0 Å².